The fourth-order valence-corrected chi connectivity index (χ4v) is 3.85. The van der Waals surface area contributed by atoms with Crippen molar-refractivity contribution in [1.29, 1.82) is 0 Å². The van der Waals surface area contributed by atoms with E-state index in [9.17, 15) is 4.79 Å². The molecular weight excluding hydrogens is 382 g/mol. The van der Waals surface area contributed by atoms with Crippen LogP contribution >= 0.6 is 0 Å². The SMILES string of the molecule is CNC[C@@H]1C[C@H]1C(=O)Nc1ccc2c(-c3c(OC4CC4)ccnc3OC)c[nH]c2n1. The van der Waals surface area contributed by atoms with Crippen LogP contribution in [0.2, 0.25) is 0 Å². The zero-order valence-corrected chi connectivity index (χ0v) is 17.1. The largest absolute Gasteiger partial charge is 0.490 e. The second-order valence-electron chi connectivity index (χ2n) is 7.95. The van der Waals surface area contributed by atoms with Crippen LogP contribution in [-0.2, 0) is 4.79 Å². The van der Waals surface area contributed by atoms with Gasteiger partial charge in [-0.2, -0.15) is 0 Å². The average Bonchev–Trinajstić information content (AvgIpc) is 3.67. The van der Waals surface area contributed by atoms with E-state index in [1.807, 2.05) is 31.4 Å². The first-order valence-corrected chi connectivity index (χ1v) is 10.3. The summed E-state index contributed by atoms with van der Waals surface area (Å²) in [5.74, 6) is 2.32. The highest BCUT2D eigenvalue weighted by Crippen LogP contribution is 2.42. The van der Waals surface area contributed by atoms with E-state index in [4.69, 9.17) is 9.47 Å². The van der Waals surface area contributed by atoms with Crippen molar-refractivity contribution in [2.75, 3.05) is 26.0 Å². The van der Waals surface area contributed by atoms with Crippen LogP contribution in [0.25, 0.3) is 22.2 Å². The molecule has 3 aromatic heterocycles. The summed E-state index contributed by atoms with van der Waals surface area (Å²) in [5, 5.41) is 6.98. The van der Waals surface area contributed by atoms with E-state index in [-0.39, 0.29) is 17.9 Å². The molecule has 0 aliphatic heterocycles. The van der Waals surface area contributed by atoms with Crippen LogP contribution < -0.4 is 20.1 Å². The van der Waals surface area contributed by atoms with Crippen molar-refractivity contribution < 1.29 is 14.3 Å². The third-order valence-corrected chi connectivity index (χ3v) is 5.67. The van der Waals surface area contributed by atoms with Crippen molar-refractivity contribution in [3.8, 4) is 22.8 Å². The molecule has 2 atom stereocenters. The Hall–Kier alpha value is -3.13. The zero-order valence-electron chi connectivity index (χ0n) is 17.1. The van der Waals surface area contributed by atoms with Crippen LogP contribution in [0.5, 0.6) is 11.6 Å². The minimum absolute atomic E-state index is 0.0305. The minimum atomic E-state index is 0.0305. The number of carbonyl (C=O) groups is 1. The Morgan fingerprint density at radius 2 is 2.17 bits per heavy atom. The third kappa shape index (κ3) is 3.59. The number of amides is 1. The first-order valence-electron chi connectivity index (χ1n) is 10.3. The van der Waals surface area contributed by atoms with Gasteiger partial charge in [0.2, 0.25) is 11.8 Å². The summed E-state index contributed by atoms with van der Waals surface area (Å²) in [6, 6.07) is 5.65. The van der Waals surface area contributed by atoms with Gasteiger partial charge in [-0.25, -0.2) is 9.97 Å². The number of nitrogens with one attached hydrogen (secondary N) is 3. The van der Waals surface area contributed by atoms with E-state index in [1.165, 1.54) is 0 Å². The number of aromatic amines is 1. The molecule has 3 N–H and O–H groups in total. The van der Waals surface area contributed by atoms with E-state index in [2.05, 4.69) is 25.6 Å². The fourth-order valence-electron chi connectivity index (χ4n) is 3.85. The van der Waals surface area contributed by atoms with Gasteiger partial charge in [-0.15, -0.1) is 0 Å². The monoisotopic (exact) mass is 407 g/mol. The third-order valence-electron chi connectivity index (χ3n) is 5.67. The molecule has 2 aliphatic carbocycles. The molecule has 156 valence electrons. The lowest BCUT2D eigenvalue weighted by molar-refractivity contribution is -0.117. The summed E-state index contributed by atoms with van der Waals surface area (Å²) in [5.41, 5.74) is 2.41. The number of hydrogen-bond donors (Lipinski definition) is 3. The molecule has 0 aromatic carbocycles. The van der Waals surface area contributed by atoms with Gasteiger partial charge in [-0.1, -0.05) is 0 Å². The number of rotatable bonds is 8. The standard InChI is InChI=1S/C22H25N5O3/c1-23-10-12-9-15(12)21(28)27-18-6-5-14-16(11-25-20(14)26-18)19-17(30-13-3-4-13)7-8-24-22(19)29-2/h5-8,11-13,15,23H,3-4,9-10H2,1-2H3,(H2,25,26,27,28)/t12-,15+/m0/s1. The van der Waals surface area contributed by atoms with E-state index in [1.54, 1.807) is 13.3 Å². The number of ether oxygens (including phenoxy) is 2. The van der Waals surface area contributed by atoms with Crippen molar-refractivity contribution in [3.05, 3.63) is 30.6 Å². The number of hydrogen-bond acceptors (Lipinski definition) is 6. The van der Waals surface area contributed by atoms with Gasteiger partial charge in [0, 0.05) is 29.3 Å². The number of H-pyrrole nitrogens is 1. The molecule has 2 aliphatic rings. The number of fused-ring (bicyclic) bond motifs is 1. The van der Waals surface area contributed by atoms with Gasteiger partial charge >= 0.3 is 0 Å². The number of anilines is 1. The number of aromatic nitrogens is 3. The molecule has 5 rings (SSSR count). The predicted octanol–water partition coefficient (Wildman–Crippen LogP) is 2.97. The summed E-state index contributed by atoms with van der Waals surface area (Å²) in [4.78, 5) is 24.6. The summed E-state index contributed by atoms with van der Waals surface area (Å²) >= 11 is 0. The summed E-state index contributed by atoms with van der Waals surface area (Å²) < 4.78 is 11.6. The highest BCUT2D eigenvalue weighted by Gasteiger charge is 2.42. The Morgan fingerprint density at radius 3 is 2.93 bits per heavy atom. The van der Waals surface area contributed by atoms with Crippen molar-refractivity contribution >= 4 is 22.8 Å². The normalized spacial score (nSPS) is 20.2. The number of carbonyl (C=O) groups excluding carboxylic acids is 1. The van der Waals surface area contributed by atoms with Gasteiger partial charge in [-0.05, 0) is 57.0 Å². The molecule has 0 unspecified atom stereocenters. The quantitative estimate of drug-likeness (QED) is 0.531. The van der Waals surface area contributed by atoms with E-state index >= 15 is 0 Å². The van der Waals surface area contributed by atoms with Crippen LogP contribution in [0.4, 0.5) is 5.82 Å². The highest BCUT2D eigenvalue weighted by molar-refractivity contribution is 5.99. The lowest BCUT2D eigenvalue weighted by Gasteiger charge is -2.13. The molecule has 2 saturated carbocycles. The van der Waals surface area contributed by atoms with Crippen LogP contribution in [0.3, 0.4) is 0 Å². The molecule has 0 bridgehead atoms. The van der Waals surface area contributed by atoms with Crippen LogP contribution in [-0.4, -0.2) is 47.7 Å². The van der Waals surface area contributed by atoms with Crippen molar-refractivity contribution in [1.82, 2.24) is 20.3 Å². The van der Waals surface area contributed by atoms with Crippen LogP contribution in [0.1, 0.15) is 19.3 Å². The molecule has 1 amide bonds. The van der Waals surface area contributed by atoms with Gasteiger partial charge in [0.1, 0.15) is 17.2 Å². The van der Waals surface area contributed by atoms with Gasteiger partial charge < -0.3 is 25.1 Å². The number of pyridine rings is 2. The Labute approximate surface area is 174 Å². The second kappa shape index (κ2) is 7.60. The van der Waals surface area contributed by atoms with E-state index in [0.29, 0.717) is 23.3 Å². The highest BCUT2D eigenvalue weighted by atomic mass is 16.5. The number of methoxy groups -OCH3 is 1. The maximum atomic E-state index is 12.4. The topological polar surface area (TPSA) is 101 Å². The average molecular weight is 407 g/mol. The molecule has 3 aromatic rings. The lowest BCUT2D eigenvalue weighted by atomic mass is 10.1. The molecule has 0 spiro atoms. The van der Waals surface area contributed by atoms with E-state index < -0.39 is 0 Å². The summed E-state index contributed by atoms with van der Waals surface area (Å²) in [7, 11) is 3.51. The molecule has 2 fully saturated rings. The zero-order chi connectivity index (χ0) is 20.7. The molecule has 8 nitrogen and oxygen atoms in total. The van der Waals surface area contributed by atoms with Crippen molar-refractivity contribution in [3.63, 3.8) is 0 Å². The van der Waals surface area contributed by atoms with Gasteiger partial charge in [0.05, 0.1) is 18.8 Å². The fraction of sp³-hybridized carbons (Fsp3) is 0.409. The molecule has 0 saturated heterocycles. The Bertz CT molecular complexity index is 1090. The predicted molar refractivity (Wildman–Crippen MR) is 114 cm³/mol. The molecule has 3 heterocycles. The minimum Gasteiger partial charge on any atom is -0.490 e. The first kappa shape index (κ1) is 18.9. The molecule has 0 radical (unpaired) electrons. The summed E-state index contributed by atoms with van der Waals surface area (Å²) in [6.45, 7) is 0.864. The lowest BCUT2D eigenvalue weighted by Crippen LogP contribution is -2.18. The van der Waals surface area contributed by atoms with E-state index in [0.717, 1.165) is 48.1 Å². The number of nitrogens with zero attached hydrogens (tertiary/aromatic N) is 2. The Balaban J connectivity index is 1.43. The second-order valence-corrected chi connectivity index (χ2v) is 7.95. The first-order chi connectivity index (χ1) is 14.7. The van der Waals surface area contributed by atoms with Crippen LogP contribution in [0, 0.1) is 11.8 Å². The van der Waals surface area contributed by atoms with Crippen molar-refractivity contribution in [2.24, 2.45) is 11.8 Å². The Kier molecular flexibility index (Phi) is 4.78. The molecule has 30 heavy (non-hydrogen) atoms. The maximum absolute atomic E-state index is 12.4. The van der Waals surface area contributed by atoms with Crippen LogP contribution in [0.15, 0.2) is 30.6 Å². The summed E-state index contributed by atoms with van der Waals surface area (Å²) in [6.07, 6.45) is 6.89. The maximum Gasteiger partial charge on any atom is 0.228 e. The van der Waals surface area contributed by atoms with Crippen molar-refractivity contribution in [2.45, 2.75) is 25.4 Å². The smallest absolute Gasteiger partial charge is 0.228 e. The Morgan fingerprint density at radius 1 is 1.30 bits per heavy atom. The van der Waals surface area contributed by atoms with Gasteiger partial charge in [0.25, 0.3) is 0 Å². The molecular formula is C22H25N5O3. The van der Waals surface area contributed by atoms with Gasteiger partial charge in [0.15, 0.2) is 0 Å². The molecule has 8 heteroatoms. The van der Waals surface area contributed by atoms with Gasteiger partial charge in [-0.3, -0.25) is 4.79 Å².